The summed E-state index contributed by atoms with van der Waals surface area (Å²) >= 11 is 14.0. The number of thioether (sulfide) groups is 1. The Morgan fingerprint density at radius 3 is 2.64 bits per heavy atom. The molecule has 3 aromatic rings. The van der Waals surface area contributed by atoms with Crippen LogP contribution in [0.1, 0.15) is 24.0 Å². The van der Waals surface area contributed by atoms with Gasteiger partial charge in [0.1, 0.15) is 5.75 Å². The van der Waals surface area contributed by atoms with Gasteiger partial charge in [-0.15, -0.1) is 11.8 Å². The number of benzene rings is 3. The van der Waals surface area contributed by atoms with Gasteiger partial charge in [-0.1, -0.05) is 53.5 Å². The number of ether oxygens (including phenoxy) is 1. The van der Waals surface area contributed by atoms with Gasteiger partial charge in [-0.05, 0) is 42.3 Å². The second-order valence-corrected chi connectivity index (χ2v) is 10.3. The number of para-hydroxylation sites is 2. The number of hydrogen-bond acceptors (Lipinski definition) is 7. The SMILES string of the molecule is COc1ccccc1NC(=O)C1=C(C)NC(SCc2cccc([N+](=O)[O-])c2)=C(C#N)C1c1ccc(Cl)cc1Cl. The fourth-order valence-corrected chi connectivity index (χ4v) is 5.78. The Morgan fingerprint density at radius 1 is 1.18 bits per heavy atom. The highest BCUT2D eigenvalue weighted by molar-refractivity contribution is 8.02. The Kier molecular flexibility index (Phi) is 8.82. The smallest absolute Gasteiger partial charge is 0.269 e. The minimum atomic E-state index is -0.802. The van der Waals surface area contributed by atoms with E-state index in [0.717, 1.165) is 0 Å². The van der Waals surface area contributed by atoms with E-state index in [2.05, 4.69) is 16.7 Å². The summed E-state index contributed by atoms with van der Waals surface area (Å²) in [4.78, 5) is 24.5. The van der Waals surface area contributed by atoms with E-state index >= 15 is 0 Å². The van der Waals surface area contributed by atoms with Gasteiger partial charge in [0, 0.05) is 39.2 Å². The highest BCUT2D eigenvalue weighted by Gasteiger charge is 2.36. The largest absolute Gasteiger partial charge is 0.495 e. The minimum Gasteiger partial charge on any atom is -0.495 e. The number of nitriles is 1. The van der Waals surface area contributed by atoms with Crippen LogP contribution in [-0.2, 0) is 10.5 Å². The predicted octanol–water partition coefficient (Wildman–Crippen LogP) is 7.18. The van der Waals surface area contributed by atoms with E-state index in [4.69, 9.17) is 27.9 Å². The van der Waals surface area contributed by atoms with Crippen LogP contribution >= 0.6 is 35.0 Å². The molecule has 0 saturated heterocycles. The number of nitrogens with one attached hydrogen (secondary N) is 2. The van der Waals surface area contributed by atoms with Crippen LogP contribution in [0.3, 0.4) is 0 Å². The number of non-ortho nitro benzene ring substituents is 1. The van der Waals surface area contributed by atoms with Gasteiger partial charge in [-0.2, -0.15) is 5.26 Å². The fourth-order valence-electron chi connectivity index (χ4n) is 4.23. The Morgan fingerprint density at radius 2 is 1.95 bits per heavy atom. The Hall–Kier alpha value is -3.97. The van der Waals surface area contributed by atoms with Crippen LogP contribution in [-0.4, -0.2) is 17.9 Å². The first-order valence-electron chi connectivity index (χ1n) is 11.6. The Balaban J connectivity index is 1.75. The van der Waals surface area contributed by atoms with E-state index in [1.54, 1.807) is 61.5 Å². The molecule has 0 radical (unpaired) electrons. The lowest BCUT2D eigenvalue weighted by molar-refractivity contribution is -0.384. The molecule has 8 nitrogen and oxygen atoms in total. The summed E-state index contributed by atoms with van der Waals surface area (Å²) in [6.07, 6.45) is 0. The van der Waals surface area contributed by atoms with Crippen molar-refractivity contribution >= 4 is 52.2 Å². The predicted molar refractivity (Wildman–Crippen MR) is 154 cm³/mol. The number of carbonyl (C=O) groups excluding carboxylic acids is 1. The zero-order chi connectivity index (χ0) is 28.1. The highest BCUT2D eigenvalue weighted by atomic mass is 35.5. The van der Waals surface area contributed by atoms with Crippen LogP contribution in [0.5, 0.6) is 5.75 Å². The van der Waals surface area contributed by atoms with E-state index in [0.29, 0.717) is 54.7 Å². The molecule has 0 aliphatic carbocycles. The highest BCUT2D eigenvalue weighted by Crippen LogP contribution is 2.44. The van der Waals surface area contributed by atoms with Crippen LogP contribution in [0.25, 0.3) is 0 Å². The van der Waals surface area contributed by atoms with Crippen LogP contribution < -0.4 is 15.4 Å². The second kappa shape index (κ2) is 12.3. The molecule has 4 rings (SSSR count). The normalized spacial score (nSPS) is 14.9. The third-order valence-corrected chi connectivity index (χ3v) is 7.68. The lowest BCUT2D eigenvalue weighted by Gasteiger charge is -2.30. The number of amides is 1. The summed E-state index contributed by atoms with van der Waals surface area (Å²) in [5.74, 6) is -0.399. The summed E-state index contributed by atoms with van der Waals surface area (Å²) in [7, 11) is 1.51. The van der Waals surface area contributed by atoms with Crippen molar-refractivity contribution in [3.8, 4) is 11.8 Å². The average molecular weight is 581 g/mol. The van der Waals surface area contributed by atoms with E-state index < -0.39 is 16.7 Å². The second-order valence-electron chi connectivity index (χ2n) is 8.49. The molecule has 0 aromatic heterocycles. The number of nitro groups is 1. The maximum Gasteiger partial charge on any atom is 0.269 e. The molecule has 1 aliphatic heterocycles. The number of carbonyl (C=O) groups is 1. The molecule has 1 aliphatic rings. The van der Waals surface area contributed by atoms with E-state index in [1.807, 2.05) is 0 Å². The van der Waals surface area contributed by atoms with Gasteiger partial charge in [0.05, 0.1) is 40.3 Å². The molecule has 198 valence electrons. The molecule has 1 heterocycles. The van der Waals surface area contributed by atoms with Gasteiger partial charge in [-0.3, -0.25) is 14.9 Å². The van der Waals surface area contributed by atoms with E-state index in [1.165, 1.54) is 31.0 Å². The molecule has 1 unspecified atom stereocenters. The first-order valence-corrected chi connectivity index (χ1v) is 13.3. The number of dihydropyridines is 1. The quantitative estimate of drug-likeness (QED) is 0.214. The first kappa shape index (κ1) is 28.0. The molecule has 1 amide bonds. The molecule has 2 N–H and O–H groups in total. The van der Waals surface area contributed by atoms with Crippen molar-refractivity contribution in [2.24, 2.45) is 0 Å². The van der Waals surface area contributed by atoms with Crippen molar-refractivity contribution in [1.82, 2.24) is 5.32 Å². The lowest BCUT2D eigenvalue weighted by Crippen LogP contribution is -2.31. The minimum absolute atomic E-state index is 0.0172. The number of nitro benzene ring substituents is 1. The number of hydrogen-bond donors (Lipinski definition) is 2. The number of nitrogens with zero attached hydrogens (tertiary/aromatic N) is 2. The summed E-state index contributed by atoms with van der Waals surface area (Å²) in [5, 5.41) is 28.8. The molecule has 0 fully saturated rings. The van der Waals surface area contributed by atoms with Crippen LogP contribution in [0.15, 0.2) is 88.6 Å². The molecule has 3 aromatic carbocycles. The monoisotopic (exact) mass is 580 g/mol. The molecule has 39 heavy (non-hydrogen) atoms. The van der Waals surface area contributed by atoms with Gasteiger partial charge >= 0.3 is 0 Å². The number of methoxy groups -OCH3 is 1. The molecule has 1 atom stereocenters. The first-order chi connectivity index (χ1) is 18.7. The molecule has 11 heteroatoms. The fraction of sp³-hybridized carbons (Fsp3) is 0.143. The van der Waals surface area contributed by atoms with Crippen LogP contribution in [0, 0.1) is 21.4 Å². The zero-order valence-corrected chi connectivity index (χ0v) is 23.2. The van der Waals surface area contributed by atoms with Gasteiger partial charge in [0.15, 0.2) is 0 Å². The molecule has 0 spiro atoms. The number of anilines is 1. The summed E-state index contributed by atoms with van der Waals surface area (Å²) < 4.78 is 5.37. The lowest BCUT2D eigenvalue weighted by atomic mass is 9.82. The molecular formula is C28H22Cl2N4O4S. The van der Waals surface area contributed by atoms with Gasteiger partial charge in [0.25, 0.3) is 11.6 Å². The van der Waals surface area contributed by atoms with Gasteiger partial charge in [-0.25, -0.2) is 0 Å². The zero-order valence-electron chi connectivity index (χ0n) is 20.8. The molecule has 0 bridgehead atoms. The van der Waals surface area contributed by atoms with Crippen molar-refractivity contribution in [2.45, 2.75) is 18.6 Å². The summed E-state index contributed by atoms with van der Waals surface area (Å²) in [6, 6.07) is 20.5. The van der Waals surface area contributed by atoms with Crippen LogP contribution in [0.4, 0.5) is 11.4 Å². The number of allylic oxidation sites excluding steroid dienone is 2. The summed E-state index contributed by atoms with van der Waals surface area (Å²) in [6.45, 7) is 1.75. The average Bonchev–Trinajstić information content (AvgIpc) is 2.92. The topological polar surface area (TPSA) is 117 Å². The van der Waals surface area contributed by atoms with Crippen molar-refractivity contribution in [3.05, 3.63) is 120 Å². The third-order valence-electron chi connectivity index (χ3n) is 6.03. The number of rotatable bonds is 8. The van der Waals surface area contributed by atoms with Crippen LogP contribution in [0.2, 0.25) is 10.0 Å². The van der Waals surface area contributed by atoms with Crippen molar-refractivity contribution < 1.29 is 14.5 Å². The molecule has 0 saturated carbocycles. The molecular weight excluding hydrogens is 559 g/mol. The van der Waals surface area contributed by atoms with Crippen molar-refractivity contribution in [3.63, 3.8) is 0 Å². The number of halogens is 2. The van der Waals surface area contributed by atoms with Crippen molar-refractivity contribution in [1.29, 1.82) is 5.26 Å². The maximum absolute atomic E-state index is 13.7. The summed E-state index contributed by atoms with van der Waals surface area (Å²) in [5.41, 5.74) is 2.82. The van der Waals surface area contributed by atoms with Crippen molar-refractivity contribution in [2.75, 3.05) is 12.4 Å². The Labute approximate surface area is 239 Å². The van der Waals surface area contributed by atoms with Gasteiger partial charge < -0.3 is 15.4 Å². The van der Waals surface area contributed by atoms with E-state index in [-0.39, 0.29) is 11.3 Å². The standard InChI is InChI=1S/C28H22Cl2N4O4S/c1-16-25(27(35)33-23-8-3-4-9-24(23)38-2)26(20-11-10-18(29)13-22(20)30)21(14-31)28(32-16)39-15-17-6-5-7-19(12-17)34(36)37/h3-13,26,32H,15H2,1-2H3,(H,33,35). The maximum atomic E-state index is 13.7. The van der Waals surface area contributed by atoms with E-state index in [9.17, 15) is 20.2 Å². The Bertz CT molecular complexity index is 1570. The third kappa shape index (κ3) is 6.20. The van der Waals surface area contributed by atoms with Gasteiger partial charge in [0.2, 0.25) is 0 Å².